The molecule has 1 unspecified atom stereocenters. The van der Waals surface area contributed by atoms with Gasteiger partial charge in [0.2, 0.25) is 5.91 Å². The summed E-state index contributed by atoms with van der Waals surface area (Å²) in [5.41, 5.74) is 2.87. The number of likely N-dealkylation sites (N-methyl/N-ethyl adjacent to an activating group) is 2. The van der Waals surface area contributed by atoms with E-state index in [0.29, 0.717) is 12.8 Å². The van der Waals surface area contributed by atoms with Crippen LogP contribution in [0.3, 0.4) is 0 Å². The van der Waals surface area contributed by atoms with E-state index in [9.17, 15) is 9.90 Å². The molecule has 5 heteroatoms. The zero-order chi connectivity index (χ0) is 15.4. The predicted molar refractivity (Wildman–Crippen MR) is 84.6 cm³/mol. The van der Waals surface area contributed by atoms with Gasteiger partial charge in [-0.15, -0.1) is 0 Å². The van der Waals surface area contributed by atoms with Crippen LogP contribution in [0, 0.1) is 0 Å². The Morgan fingerprint density at radius 3 is 2.86 bits per heavy atom. The molecule has 21 heavy (non-hydrogen) atoms. The van der Waals surface area contributed by atoms with Crippen molar-refractivity contribution in [2.45, 2.75) is 18.9 Å². The fraction of sp³-hybridized carbons (Fsp3) is 0.562. The monoisotopic (exact) mass is 291 g/mol. The standard InChI is InChI=1S/C16H25N3O2/c1-18(2)9-8-17-7-6-15(20)12-4-5-14-13(10-12)11-16(21)19(14)3/h4-5,10,15,17,20H,6-9,11H2,1-3H3. The molecule has 0 aromatic heterocycles. The molecule has 0 saturated carbocycles. The van der Waals surface area contributed by atoms with Gasteiger partial charge in [-0.1, -0.05) is 12.1 Å². The summed E-state index contributed by atoms with van der Waals surface area (Å²) in [7, 11) is 5.87. The van der Waals surface area contributed by atoms with Crippen molar-refractivity contribution in [2.24, 2.45) is 0 Å². The zero-order valence-electron chi connectivity index (χ0n) is 13.1. The Hall–Kier alpha value is -1.43. The van der Waals surface area contributed by atoms with E-state index in [4.69, 9.17) is 0 Å². The Balaban J connectivity index is 1.85. The highest BCUT2D eigenvalue weighted by molar-refractivity contribution is 6.00. The molecule has 1 atom stereocenters. The van der Waals surface area contributed by atoms with Crippen LogP contribution in [0.5, 0.6) is 0 Å². The number of rotatable bonds is 7. The molecule has 0 spiro atoms. The van der Waals surface area contributed by atoms with Crippen molar-refractivity contribution in [3.05, 3.63) is 29.3 Å². The first kappa shape index (κ1) is 15.9. The lowest BCUT2D eigenvalue weighted by molar-refractivity contribution is -0.117. The van der Waals surface area contributed by atoms with Gasteiger partial charge in [-0.25, -0.2) is 0 Å². The quantitative estimate of drug-likeness (QED) is 0.729. The number of nitrogens with one attached hydrogen (secondary N) is 1. The minimum absolute atomic E-state index is 0.113. The smallest absolute Gasteiger partial charge is 0.231 e. The molecule has 5 nitrogen and oxygen atoms in total. The number of aliphatic hydroxyl groups excluding tert-OH is 1. The lowest BCUT2D eigenvalue weighted by Crippen LogP contribution is -2.27. The lowest BCUT2D eigenvalue weighted by atomic mass is 10.0. The number of anilines is 1. The van der Waals surface area contributed by atoms with E-state index in [1.807, 2.05) is 32.3 Å². The Bertz CT molecular complexity index is 502. The molecule has 0 radical (unpaired) electrons. The van der Waals surface area contributed by atoms with Gasteiger partial charge in [0.25, 0.3) is 0 Å². The van der Waals surface area contributed by atoms with Gasteiger partial charge in [-0.3, -0.25) is 4.79 Å². The van der Waals surface area contributed by atoms with E-state index >= 15 is 0 Å². The van der Waals surface area contributed by atoms with Gasteiger partial charge in [0.05, 0.1) is 12.5 Å². The maximum absolute atomic E-state index is 11.7. The van der Waals surface area contributed by atoms with Crippen LogP contribution in [-0.2, 0) is 11.2 Å². The van der Waals surface area contributed by atoms with Gasteiger partial charge < -0.3 is 20.2 Å². The van der Waals surface area contributed by atoms with Crippen LogP contribution in [0.15, 0.2) is 18.2 Å². The average molecular weight is 291 g/mol. The number of nitrogens with zero attached hydrogens (tertiary/aromatic N) is 2. The van der Waals surface area contributed by atoms with Crippen molar-refractivity contribution in [1.82, 2.24) is 10.2 Å². The summed E-state index contributed by atoms with van der Waals surface area (Å²) in [5, 5.41) is 13.6. The third-order valence-electron chi connectivity index (χ3n) is 3.90. The van der Waals surface area contributed by atoms with Crippen LogP contribution in [-0.4, -0.2) is 56.7 Å². The first-order valence-corrected chi connectivity index (χ1v) is 7.42. The highest BCUT2D eigenvalue weighted by atomic mass is 16.3. The highest BCUT2D eigenvalue weighted by Crippen LogP contribution is 2.30. The topological polar surface area (TPSA) is 55.8 Å². The van der Waals surface area contributed by atoms with E-state index < -0.39 is 6.10 Å². The van der Waals surface area contributed by atoms with E-state index in [0.717, 1.165) is 36.4 Å². The normalized spacial score (nSPS) is 15.7. The lowest BCUT2D eigenvalue weighted by Gasteiger charge is -2.15. The molecule has 0 fully saturated rings. The molecule has 2 rings (SSSR count). The molecule has 2 N–H and O–H groups in total. The molecule has 1 aliphatic rings. The number of aliphatic hydroxyl groups is 1. The summed E-state index contributed by atoms with van der Waals surface area (Å²) in [6.07, 6.45) is 0.631. The molecule has 1 heterocycles. The molecule has 1 aromatic rings. The largest absolute Gasteiger partial charge is 0.388 e. The summed E-state index contributed by atoms with van der Waals surface area (Å²) in [6, 6.07) is 5.80. The van der Waals surface area contributed by atoms with Gasteiger partial charge >= 0.3 is 0 Å². The van der Waals surface area contributed by atoms with E-state index in [2.05, 4.69) is 10.2 Å². The number of carbonyl (C=O) groups is 1. The number of carbonyl (C=O) groups excluding carboxylic acids is 1. The van der Waals surface area contributed by atoms with Crippen molar-refractivity contribution in [3.8, 4) is 0 Å². The molecular weight excluding hydrogens is 266 g/mol. The molecule has 0 aliphatic carbocycles. The van der Waals surface area contributed by atoms with Crippen molar-refractivity contribution in [1.29, 1.82) is 0 Å². The molecule has 1 aliphatic heterocycles. The van der Waals surface area contributed by atoms with Crippen molar-refractivity contribution in [2.75, 3.05) is 45.7 Å². The van der Waals surface area contributed by atoms with Crippen LogP contribution < -0.4 is 10.2 Å². The number of amides is 1. The Labute approximate surface area is 126 Å². The first-order valence-electron chi connectivity index (χ1n) is 7.42. The van der Waals surface area contributed by atoms with Gasteiger partial charge in [-0.05, 0) is 44.3 Å². The number of fused-ring (bicyclic) bond motifs is 1. The Morgan fingerprint density at radius 2 is 2.14 bits per heavy atom. The van der Waals surface area contributed by atoms with Gasteiger partial charge in [-0.2, -0.15) is 0 Å². The third-order valence-corrected chi connectivity index (χ3v) is 3.90. The minimum Gasteiger partial charge on any atom is -0.388 e. The summed E-state index contributed by atoms with van der Waals surface area (Å²) in [6.45, 7) is 2.69. The maximum atomic E-state index is 11.7. The van der Waals surface area contributed by atoms with Crippen molar-refractivity contribution >= 4 is 11.6 Å². The third kappa shape index (κ3) is 4.03. The van der Waals surface area contributed by atoms with Crippen LogP contribution in [0.25, 0.3) is 0 Å². The Kier molecular flexibility index (Phi) is 5.33. The van der Waals surface area contributed by atoms with E-state index in [-0.39, 0.29) is 5.91 Å². The second-order valence-electron chi connectivity index (χ2n) is 5.88. The van der Waals surface area contributed by atoms with Crippen LogP contribution in [0.2, 0.25) is 0 Å². The molecular formula is C16H25N3O2. The van der Waals surface area contributed by atoms with Crippen LogP contribution >= 0.6 is 0 Å². The Morgan fingerprint density at radius 1 is 1.38 bits per heavy atom. The summed E-state index contributed by atoms with van der Waals surface area (Å²) in [4.78, 5) is 15.5. The fourth-order valence-electron chi connectivity index (χ4n) is 2.53. The fourth-order valence-corrected chi connectivity index (χ4v) is 2.53. The maximum Gasteiger partial charge on any atom is 0.231 e. The molecule has 116 valence electrons. The van der Waals surface area contributed by atoms with Crippen molar-refractivity contribution < 1.29 is 9.90 Å². The molecule has 1 amide bonds. The minimum atomic E-state index is -0.483. The van der Waals surface area contributed by atoms with Gasteiger partial charge in [0.15, 0.2) is 0 Å². The summed E-state index contributed by atoms with van der Waals surface area (Å²) < 4.78 is 0. The zero-order valence-corrected chi connectivity index (χ0v) is 13.1. The second-order valence-corrected chi connectivity index (χ2v) is 5.88. The number of hydrogen-bond donors (Lipinski definition) is 2. The summed E-state index contributed by atoms with van der Waals surface area (Å²) in [5.74, 6) is 0.113. The van der Waals surface area contributed by atoms with Gasteiger partial charge in [0.1, 0.15) is 0 Å². The predicted octanol–water partition coefficient (Wildman–Crippen LogP) is 0.780. The molecule has 1 aromatic carbocycles. The second kappa shape index (κ2) is 7.02. The average Bonchev–Trinajstić information content (AvgIpc) is 2.72. The van der Waals surface area contributed by atoms with Crippen LogP contribution in [0.1, 0.15) is 23.7 Å². The number of hydrogen-bond acceptors (Lipinski definition) is 4. The van der Waals surface area contributed by atoms with E-state index in [1.54, 1.807) is 11.9 Å². The first-order chi connectivity index (χ1) is 9.99. The molecule has 0 saturated heterocycles. The van der Waals surface area contributed by atoms with E-state index in [1.165, 1.54) is 0 Å². The number of benzene rings is 1. The van der Waals surface area contributed by atoms with Crippen LogP contribution in [0.4, 0.5) is 5.69 Å². The highest BCUT2D eigenvalue weighted by Gasteiger charge is 2.24. The SMILES string of the molecule is CN(C)CCNCCC(O)c1ccc2c(c1)CC(=O)N2C. The van der Waals surface area contributed by atoms with Gasteiger partial charge in [0, 0.05) is 25.8 Å². The van der Waals surface area contributed by atoms with Crippen molar-refractivity contribution in [3.63, 3.8) is 0 Å². The summed E-state index contributed by atoms with van der Waals surface area (Å²) >= 11 is 0. The molecule has 0 bridgehead atoms.